The van der Waals surface area contributed by atoms with E-state index in [9.17, 15) is 12.8 Å². The lowest BCUT2D eigenvalue weighted by atomic mass is 10.2. The highest BCUT2D eigenvalue weighted by Crippen LogP contribution is 2.26. The fourth-order valence-corrected chi connectivity index (χ4v) is 3.08. The van der Waals surface area contributed by atoms with Crippen molar-refractivity contribution in [2.24, 2.45) is 0 Å². The summed E-state index contributed by atoms with van der Waals surface area (Å²) in [5, 5.41) is 0.389. The Balaban J connectivity index is 2.46. The first kappa shape index (κ1) is 14.6. The largest absolute Gasteiger partial charge is 0.398 e. The zero-order valence-electron chi connectivity index (χ0n) is 10.5. The van der Waals surface area contributed by atoms with Gasteiger partial charge >= 0.3 is 0 Å². The molecule has 0 bridgehead atoms. The Bertz CT molecular complexity index is 763. The van der Waals surface area contributed by atoms with Crippen LogP contribution in [0, 0.1) is 12.7 Å². The van der Waals surface area contributed by atoms with Gasteiger partial charge in [0.2, 0.25) is 0 Å². The van der Waals surface area contributed by atoms with Gasteiger partial charge in [-0.3, -0.25) is 4.72 Å². The van der Waals surface area contributed by atoms with Crippen LogP contribution in [0.25, 0.3) is 0 Å². The van der Waals surface area contributed by atoms with Gasteiger partial charge in [-0.05, 0) is 42.8 Å². The Hall–Kier alpha value is -1.79. The fourth-order valence-electron chi connectivity index (χ4n) is 1.64. The lowest BCUT2D eigenvalue weighted by Gasteiger charge is -2.12. The normalized spacial score (nSPS) is 11.3. The summed E-state index contributed by atoms with van der Waals surface area (Å²) >= 11 is 5.83. The lowest BCUT2D eigenvalue weighted by molar-refractivity contribution is 0.596. The van der Waals surface area contributed by atoms with E-state index in [-0.39, 0.29) is 10.6 Å². The molecule has 0 aliphatic carbocycles. The van der Waals surface area contributed by atoms with Crippen molar-refractivity contribution in [2.45, 2.75) is 11.8 Å². The molecule has 2 rings (SSSR count). The van der Waals surface area contributed by atoms with Crippen LogP contribution in [0.1, 0.15) is 5.56 Å². The van der Waals surface area contributed by atoms with Crippen LogP contribution >= 0.6 is 11.6 Å². The molecule has 106 valence electrons. The third-order valence-electron chi connectivity index (χ3n) is 2.71. The Morgan fingerprint density at radius 2 is 1.90 bits per heavy atom. The van der Waals surface area contributed by atoms with Crippen LogP contribution in [0.3, 0.4) is 0 Å². The van der Waals surface area contributed by atoms with Crippen molar-refractivity contribution in [2.75, 3.05) is 10.5 Å². The van der Waals surface area contributed by atoms with E-state index in [1.54, 1.807) is 19.1 Å². The van der Waals surface area contributed by atoms with E-state index in [1.165, 1.54) is 12.1 Å². The number of benzene rings is 2. The summed E-state index contributed by atoms with van der Waals surface area (Å²) in [6.07, 6.45) is 0. The molecular formula is C13H12ClFN2O2S. The second kappa shape index (κ2) is 5.30. The van der Waals surface area contributed by atoms with Crippen LogP contribution in [0.5, 0.6) is 0 Å². The minimum Gasteiger partial charge on any atom is -0.398 e. The molecular weight excluding hydrogens is 303 g/mol. The number of anilines is 2. The smallest absolute Gasteiger partial charge is 0.264 e. The molecule has 4 nitrogen and oxygen atoms in total. The molecule has 2 aromatic carbocycles. The highest BCUT2D eigenvalue weighted by atomic mass is 35.5. The number of nitrogens with one attached hydrogen (secondary N) is 1. The Kier molecular flexibility index (Phi) is 3.87. The molecule has 3 N–H and O–H groups in total. The third kappa shape index (κ3) is 3.02. The van der Waals surface area contributed by atoms with Gasteiger partial charge in [0, 0.05) is 5.02 Å². The van der Waals surface area contributed by atoms with Gasteiger partial charge < -0.3 is 5.73 Å². The topological polar surface area (TPSA) is 72.2 Å². The molecule has 0 heterocycles. The zero-order valence-corrected chi connectivity index (χ0v) is 12.1. The average molecular weight is 315 g/mol. The molecule has 0 unspecified atom stereocenters. The highest BCUT2D eigenvalue weighted by molar-refractivity contribution is 7.92. The van der Waals surface area contributed by atoms with Gasteiger partial charge in [0.25, 0.3) is 10.0 Å². The minimum absolute atomic E-state index is 0.0291. The first-order valence-electron chi connectivity index (χ1n) is 5.63. The molecule has 0 spiro atoms. The molecule has 0 saturated heterocycles. The Morgan fingerprint density at radius 3 is 2.60 bits per heavy atom. The maximum Gasteiger partial charge on any atom is 0.264 e. The van der Waals surface area contributed by atoms with Crippen molar-refractivity contribution in [3.8, 4) is 0 Å². The summed E-state index contributed by atoms with van der Waals surface area (Å²) in [4.78, 5) is -0.308. The SMILES string of the molecule is Cc1ccc(Cl)cc1NS(=O)(=O)c1cc(F)ccc1N. The van der Waals surface area contributed by atoms with E-state index in [2.05, 4.69) is 4.72 Å². The standard InChI is InChI=1S/C13H12ClFN2O2S/c1-8-2-3-9(14)6-12(8)17-20(18,19)13-7-10(15)4-5-11(13)16/h2-7,17H,16H2,1H3. The minimum atomic E-state index is -3.98. The van der Waals surface area contributed by atoms with Gasteiger partial charge in [-0.2, -0.15) is 0 Å². The number of aryl methyl sites for hydroxylation is 1. The van der Waals surface area contributed by atoms with E-state index >= 15 is 0 Å². The predicted octanol–water partition coefficient (Wildman–Crippen LogP) is 3.17. The molecule has 2 aromatic rings. The molecule has 0 aliphatic heterocycles. The monoisotopic (exact) mass is 314 g/mol. The van der Waals surface area contributed by atoms with Gasteiger partial charge in [-0.15, -0.1) is 0 Å². The molecule has 0 radical (unpaired) electrons. The quantitative estimate of drug-likeness (QED) is 0.855. The second-order valence-electron chi connectivity index (χ2n) is 4.25. The number of nitrogens with two attached hydrogens (primary N) is 1. The molecule has 20 heavy (non-hydrogen) atoms. The summed E-state index contributed by atoms with van der Waals surface area (Å²) in [5.41, 5.74) is 6.56. The van der Waals surface area contributed by atoms with Gasteiger partial charge in [0.15, 0.2) is 0 Å². The van der Waals surface area contributed by atoms with Gasteiger partial charge in [-0.25, -0.2) is 12.8 Å². The third-order valence-corrected chi connectivity index (χ3v) is 4.37. The van der Waals surface area contributed by atoms with Crippen LogP contribution in [0.4, 0.5) is 15.8 Å². The molecule has 0 saturated carbocycles. The summed E-state index contributed by atoms with van der Waals surface area (Å²) in [5.74, 6) is -0.678. The van der Waals surface area contributed by atoms with Crippen LogP contribution < -0.4 is 10.5 Å². The van der Waals surface area contributed by atoms with E-state index < -0.39 is 15.8 Å². The first-order chi connectivity index (χ1) is 9.29. The molecule has 0 aromatic heterocycles. The van der Waals surface area contributed by atoms with E-state index in [0.29, 0.717) is 16.3 Å². The van der Waals surface area contributed by atoms with Gasteiger partial charge in [-0.1, -0.05) is 17.7 Å². The summed E-state index contributed by atoms with van der Waals surface area (Å²) in [7, 11) is -3.98. The number of rotatable bonds is 3. The summed E-state index contributed by atoms with van der Waals surface area (Å²) < 4.78 is 40.0. The van der Waals surface area contributed by atoms with Gasteiger partial charge in [0.1, 0.15) is 10.7 Å². The Labute approximate surface area is 121 Å². The second-order valence-corrected chi connectivity index (χ2v) is 6.33. The lowest BCUT2D eigenvalue weighted by Crippen LogP contribution is -2.15. The summed E-state index contributed by atoms with van der Waals surface area (Å²) in [6.45, 7) is 1.73. The molecule has 0 fully saturated rings. The number of halogens is 2. The Morgan fingerprint density at radius 1 is 1.20 bits per heavy atom. The maximum absolute atomic E-state index is 13.2. The zero-order chi connectivity index (χ0) is 14.9. The van der Waals surface area contributed by atoms with Gasteiger partial charge in [0.05, 0.1) is 11.4 Å². The van der Waals surface area contributed by atoms with Crippen molar-refractivity contribution in [3.63, 3.8) is 0 Å². The van der Waals surface area contributed by atoms with E-state index in [1.807, 2.05) is 0 Å². The molecule has 0 atom stereocenters. The van der Waals surface area contributed by atoms with Crippen LogP contribution in [0.2, 0.25) is 5.02 Å². The van der Waals surface area contributed by atoms with Crippen molar-refractivity contribution in [1.29, 1.82) is 0 Å². The van der Waals surface area contributed by atoms with E-state index in [0.717, 1.165) is 12.1 Å². The summed E-state index contributed by atoms with van der Waals surface area (Å²) in [6, 6.07) is 7.97. The van der Waals surface area contributed by atoms with Crippen molar-refractivity contribution in [1.82, 2.24) is 0 Å². The van der Waals surface area contributed by atoms with Crippen molar-refractivity contribution >= 4 is 33.0 Å². The van der Waals surface area contributed by atoms with Crippen molar-refractivity contribution < 1.29 is 12.8 Å². The van der Waals surface area contributed by atoms with Crippen LogP contribution in [-0.2, 0) is 10.0 Å². The van der Waals surface area contributed by atoms with Crippen LogP contribution in [0.15, 0.2) is 41.3 Å². The fraction of sp³-hybridized carbons (Fsp3) is 0.0769. The van der Waals surface area contributed by atoms with Crippen LogP contribution in [-0.4, -0.2) is 8.42 Å². The van der Waals surface area contributed by atoms with Crippen molar-refractivity contribution in [3.05, 3.63) is 52.8 Å². The highest BCUT2D eigenvalue weighted by Gasteiger charge is 2.19. The van der Waals surface area contributed by atoms with E-state index in [4.69, 9.17) is 17.3 Å². The first-order valence-corrected chi connectivity index (χ1v) is 7.50. The molecule has 0 amide bonds. The average Bonchev–Trinajstić information content (AvgIpc) is 2.36. The maximum atomic E-state index is 13.2. The number of hydrogen-bond acceptors (Lipinski definition) is 3. The number of nitrogen functional groups attached to an aromatic ring is 1. The predicted molar refractivity (Wildman–Crippen MR) is 77.8 cm³/mol. The molecule has 7 heteroatoms. The molecule has 0 aliphatic rings. The number of hydrogen-bond donors (Lipinski definition) is 2. The number of sulfonamides is 1.